The van der Waals surface area contributed by atoms with Crippen LogP contribution in [-0.2, 0) is 14.4 Å². The van der Waals surface area contributed by atoms with Crippen molar-refractivity contribution in [1.82, 2.24) is 20.4 Å². The minimum atomic E-state index is -0.727. The molecule has 2 heterocycles. The van der Waals surface area contributed by atoms with E-state index in [1.165, 1.54) is 17.0 Å². The number of hydrogen-bond acceptors (Lipinski definition) is 5. The van der Waals surface area contributed by atoms with Gasteiger partial charge in [-0.2, -0.15) is 0 Å². The summed E-state index contributed by atoms with van der Waals surface area (Å²) in [5.74, 6) is -2.01. The molecule has 158 valence electrons. The van der Waals surface area contributed by atoms with Gasteiger partial charge in [0.2, 0.25) is 5.91 Å². The number of nitrogens with one attached hydrogen (secondary N) is 2. The van der Waals surface area contributed by atoms with Crippen LogP contribution in [0.25, 0.3) is 0 Å². The van der Waals surface area contributed by atoms with Gasteiger partial charge in [0.15, 0.2) is 0 Å². The highest BCUT2D eigenvalue weighted by atomic mass is 19.1. The monoisotopic (exact) mass is 405 g/mol. The number of carbonyl (C=O) groups is 3. The summed E-state index contributed by atoms with van der Waals surface area (Å²) in [5, 5.41) is 5.57. The number of benzene rings is 1. The maximum absolute atomic E-state index is 13.4. The van der Waals surface area contributed by atoms with Crippen LogP contribution in [0.5, 0.6) is 0 Å². The van der Waals surface area contributed by atoms with E-state index in [0.29, 0.717) is 12.1 Å². The zero-order chi connectivity index (χ0) is 21.3. The first-order chi connectivity index (χ1) is 13.7. The number of rotatable bonds is 3. The summed E-state index contributed by atoms with van der Waals surface area (Å²) >= 11 is 0. The minimum absolute atomic E-state index is 0.0207. The van der Waals surface area contributed by atoms with Crippen molar-refractivity contribution in [3.8, 4) is 0 Å². The average Bonchev–Trinajstić information content (AvgIpc) is 2.70. The lowest BCUT2D eigenvalue weighted by Crippen LogP contribution is -2.70. The number of piperazine rings is 1. The Balaban J connectivity index is 1.84. The molecular formula is C20H28FN5O3. The van der Waals surface area contributed by atoms with E-state index in [1.54, 1.807) is 17.0 Å². The van der Waals surface area contributed by atoms with Gasteiger partial charge in [0.25, 0.3) is 0 Å². The number of halogens is 1. The maximum Gasteiger partial charge on any atom is 0.312 e. The fourth-order valence-corrected chi connectivity index (χ4v) is 3.68. The van der Waals surface area contributed by atoms with Crippen LogP contribution in [0.1, 0.15) is 32.4 Å². The lowest BCUT2D eigenvalue weighted by Gasteiger charge is -2.46. The fraction of sp³-hybridized carbons (Fsp3) is 0.550. The molecule has 3 amide bonds. The van der Waals surface area contributed by atoms with Crippen LogP contribution in [0.2, 0.25) is 0 Å². The lowest BCUT2D eigenvalue weighted by molar-refractivity contribution is -0.154. The summed E-state index contributed by atoms with van der Waals surface area (Å²) in [6, 6.07) is 4.70. The molecule has 8 nitrogen and oxygen atoms in total. The van der Waals surface area contributed by atoms with Gasteiger partial charge < -0.3 is 20.9 Å². The van der Waals surface area contributed by atoms with Crippen molar-refractivity contribution in [2.75, 3.05) is 19.6 Å². The van der Waals surface area contributed by atoms with Crippen LogP contribution in [0, 0.1) is 11.7 Å². The van der Waals surface area contributed by atoms with Gasteiger partial charge >= 0.3 is 11.8 Å². The van der Waals surface area contributed by atoms with Gasteiger partial charge in [0, 0.05) is 31.6 Å². The predicted octanol–water partition coefficient (Wildman–Crippen LogP) is -0.0451. The molecule has 9 heteroatoms. The van der Waals surface area contributed by atoms with Gasteiger partial charge in [0.1, 0.15) is 5.82 Å². The Morgan fingerprint density at radius 2 is 1.83 bits per heavy atom. The van der Waals surface area contributed by atoms with Crippen LogP contribution in [-0.4, -0.2) is 65.4 Å². The summed E-state index contributed by atoms with van der Waals surface area (Å²) in [6.45, 7) is 6.46. The fourth-order valence-electron chi connectivity index (χ4n) is 3.68. The number of nitrogens with zero attached hydrogens (tertiary/aromatic N) is 2. The van der Waals surface area contributed by atoms with Gasteiger partial charge in [0.05, 0.1) is 18.2 Å². The van der Waals surface area contributed by atoms with Crippen LogP contribution < -0.4 is 16.4 Å². The topological polar surface area (TPSA) is 108 Å². The molecule has 29 heavy (non-hydrogen) atoms. The van der Waals surface area contributed by atoms with Crippen molar-refractivity contribution >= 4 is 17.7 Å². The molecule has 1 aromatic rings. The van der Waals surface area contributed by atoms with Crippen LogP contribution in [0.3, 0.4) is 0 Å². The molecule has 0 aromatic heterocycles. The molecule has 4 N–H and O–H groups in total. The van der Waals surface area contributed by atoms with Gasteiger partial charge in [-0.15, -0.1) is 0 Å². The van der Waals surface area contributed by atoms with Crippen LogP contribution in [0.4, 0.5) is 4.39 Å². The lowest BCUT2D eigenvalue weighted by atomic mass is 9.98. The molecule has 1 unspecified atom stereocenters. The quantitative estimate of drug-likeness (QED) is 0.612. The van der Waals surface area contributed by atoms with E-state index in [9.17, 15) is 18.8 Å². The van der Waals surface area contributed by atoms with Crippen molar-refractivity contribution < 1.29 is 18.8 Å². The molecule has 0 radical (unpaired) electrons. The second-order valence-corrected chi connectivity index (χ2v) is 8.03. The molecule has 1 aromatic carbocycles. The highest BCUT2D eigenvalue weighted by Gasteiger charge is 2.41. The van der Waals surface area contributed by atoms with E-state index in [4.69, 9.17) is 5.73 Å². The van der Waals surface area contributed by atoms with E-state index < -0.39 is 23.7 Å². The third-order valence-corrected chi connectivity index (χ3v) is 5.55. The Morgan fingerprint density at radius 3 is 2.34 bits per heavy atom. The Hall–Kier alpha value is -2.52. The Morgan fingerprint density at radius 1 is 1.17 bits per heavy atom. The third-order valence-electron chi connectivity index (χ3n) is 5.55. The van der Waals surface area contributed by atoms with Crippen LogP contribution in [0.15, 0.2) is 24.3 Å². The minimum Gasteiger partial charge on any atom is -0.341 e. The molecule has 3 rings (SSSR count). The molecule has 2 fully saturated rings. The normalized spacial score (nSPS) is 26.8. The highest BCUT2D eigenvalue weighted by Crippen LogP contribution is 2.29. The average molecular weight is 405 g/mol. The Kier molecular flexibility index (Phi) is 6.18. The molecule has 0 spiro atoms. The molecule has 0 aliphatic carbocycles. The number of carbonyl (C=O) groups excluding carboxylic acids is 3. The van der Waals surface area contributed by atoms with E-state index >= 15 is 0 Å². The zero-order valence-corrected chi connectivity index (χ0v) is 16.9. The molecule has 2 saturated heterocycles. The van der Waals surface area contributed by atoms with E-state index in [-0.39, 0.29) is 43.2 Å². The van der Waals surface area contributed by atoms with Gasteiger partial charge in [-0.25, -0.2) is 4.39 Å². The highest BCUT2D eigenvalue weighted by molar-refractivity contribution is 6.35. The summed E-state index contributed by atoms with van der Waals surface area (Å²) in [7, 11) is 0. The Bertz CT molecular complexity index is 785. The van der Waals surface area contributed by atoms with Crippen molar-refractivity contribution in [3.63, 3.8) is 0 Å². The molecule has 2 aliphatic heterocycles. The van der Waals surface area contributed by atoms with Gasteiger partial charge in [-0.05, 0) is 24.6 Å². The van der Waals surface area contributed by atoms with E-state index in [0.717, 1.165) is 0 Å². The van der Waals surface area contributed by atoms with E-state index in [2.05, 4.69) is 10.6 Å². The van der Waals surface area contributed by atoms with Gasteiger partial charge in [-0.3, -0.25) is 19.7 Å². The Labute approximate surface area is 169 Å². The molecule has 0 bridgehead atoms. The first-order valence-corrected chi connectivity index (χ1v) is 9.85. The zero-order valence-electron chi connectivity index (χ0n) is 16.9. The summed E-state index contributed by atoms with van der Waals surface area (Å²) in [6.07, 6.45) is -0.376. The number of amides is 3. The van der Waals surface area contributed by atoms with Crippen molar-refractivity contribution in [1.29, 1.82) is 0 Å². The van der Waals surface area contributed by atoms with Crippen molar-refractivity contribution in [3.05, 3.63) is 35.6 Å². The summed E-state index contributed by atoms with van der Waals surface area (Å²) in [4.78, 5) is 41.3. The second kappa shape index (κ2) is 8.46. The molecule has 4 atom stereocenters. The SMILES string of the molecule is CC(C)C(=O)N1C[C@H](c2ccc(F)cc2)N(C(=O)C(=O)N[C@@H]2CNC2N)C[C@H]1C. The van der Waals surface area contributed by atoms with Crippen LogP contribution >= 0.6 is 0 Å². The smallest absolute Gasteiger partial charge is 0.312 e. The number of hydrogen-bond donors (Lipinski definition) is 3. The first kappa shape index (κ1) is 21.2. The van der Waals surface area contributed by atoms with Crippen molar-refractivity contribution in [2.45, 2.75) is 45.1 Å². The largest absolute Gasteiger partial charge is 0.341 e. The standard InChI is InChI=1S/C20H28FN5O3/c1-11(2)19(28)25-10-16(13-4-6-14(21)7-5-13)26(9-12(25)3)20(29)18(27)24-15-8-23-17(15)22/h4-7,11-12,15-17,23H,8-10,22H2,1-3H3,(H,24,27)/t12-,15-,16-,17?/m1/s1. The second-order valence-electron chi connectivity index (χ2n) is 8.03. The summed E-state index contributed by atoms with van der Waals surface area (Å²) in [5.41, 5.74) is 6.42. The molecule has 2 aliphatic rings. The number of nitrogens with two attached hydrogens (primary N) is 1. The molecular weight excluding hydrogens is 377 g/mol. The predicted molar refractivity (Wildman–Crippen MR) is 105 cm³/mol. The maximum atomic E-state index is 13.4. The summed E-state index contributed by atoms with van der Waals surface area (Å²) < 4.78 is 13.4. The van der Waals surface area contributed by atoms with E-state index in [1.807, 2.05) is 20.8 Å². The first-order valence-electron chi connectivity index (χ1n) is 9.85. The third kappa shape index (κ3) is 4.40. The van der Waals surface area contributed by atoms with Gasteiger partial charge in [-0.1, -0.05) is 26.0 Å². The molecule has 0 saturated carbocycles. The van der Waals surface area contributed by atoms with Crippen molar-refractivity contribution in [2.24, 2.45) is 11.7 Å².